The molecule has 9 heteroatoms. The topological polar surface area (TPSA) is 139 Å². The lowest BCUT2D eigenvalue weighted by Gasteiger charge is -2.57. The Morgan fingerprint density at radius 1 is 1.20 bits per heavy atom. The minimum absolute atomic E-state index is 0.0128. The van der Waals surface area contributed by atoms with Crippen molar-refractivity contribution in [3.63, 3.8) is 0 Å². The van der Waals surface area contributed by atoms with Crippen LogP contribution in [0.3, 0.4) is 0 Å². The van der Waals surface area contributed by atoms with Crippen LogP contribution in [0, 0.1) is 41.3 Å². The summed E-state index contributed by atoms with van der Waals surface area (Å²) in [6.45, 7) is 4.85. The van der Waals surface area contributed by atoms with E-state index in [9.17, 15) is 24.9 Å². The predicted octanol–water partition coefficient (Wildman–Crippen LogP) is 4.88. The maximum Gasteiger partial charge on any atom is 0.190 e. The third kappa shape index (κ3) is 5.33. The van der Waals surface area contributed by atoms with E-state index in [2.05, 4.69) is 6.92 Å². The van der Waals surface area contributed by atoms with Crippen LogP contribution in [0.5, 0.6) is 5.75 Å². The van der Waals surface area contributed by atoms with Gasteiger partial charge in [-0.2, -0.15) is 0 Å². The number of hydrogen-bond acceptors (Lipinski definition) is 8. The quantitative estimate of drug-likeness (QED) is 0.242. The van der Waals surface area contributed by atoms with Crippen molar-refractivity contribution < 1.29 is 38.8 Å². The molecule has 2 unspecified atom stereocenters. The summed E-state index contributed by atoms with van der Waals surface area (Å²) in [5.74, 6) is -1.07. The number of allylic oxidation sites excluding steroid dienone is 4. The molecule has 45 heavy (non-hydrogen) atoms. The first-order valence-electron chi connectivity index (χ1n) is 15.7. The van der Waals surface area contributed by atoms with E-state index in [0.717, 1.165) is 12.0 Å². The largest absolute Gasteiger partial charge is 0.489 e. The molecule has 0 aliphatic heterocycles. The third-order valence-corrected chi connectivity index (χ3v) is 11.2. The fourth-order valence-electron chi connectivity index (χ4n) is 9.14. The van der Waals surface area contributed by atoms with Gasteiger partial charge >= 0.3 is 0 Å². The number of carbonyl (C=O) groups is 2. The van der Waals surface area contributed by atoms with E-state index in [0.29, 0.717) is 29.8 Å². The van der Waals surface area contributed by atoms with Crippen molar-refractivity contribution in [1.29, 1.82) is 0 Å². The minimum atomic E-state index is -1.79. The van der Waals surface area contributed by atoms with Gasteiger partial charge in [-0.05, 0) is 86.1 Å². The summed E-state index contributed by atoms with van der Waals surface area (Å²) < 4.78 is 28.0. The highest BCUT2D eigenvalue weighted by atomic mass is 19.1. The number of rotatable bonds is 8. The number of fused-ring (bicyclic) bond motifs is 5. The van der Waals surface area contributed by atoms with E-state index in [4.69, 9.17) is 15.2 Å². The molecular weight excluding hydrogens is 577 g/mol. The van der Waals surface area contributed by atoms with Gasteiger partial charge in [0.15, 0.2) is 17.9 Å². The summed E-state index contributed by atoms with van der Waals surface area (Å²) in [6.07, 6.45) is 4.94. The van der Waals surface area contributed by atoms with Crippen LogP contribution in [0.1, 0.15) is 68.9 Å². The molecule has 4 aliphatic carbocycles. The number of aliphatic hydroxyl groups is 3. The molecule has 8 atom stereocenters. The molecule has 3 saturated carbocycles. The standard InChI is InChI=1S/C36H42FNO7/c1-20-7-8-21(18-44-25-6-4-5-23(38)14-25)32(37)30(20)33(43)45-36(29(42)17-39)15-27-26-10-9-22-13-24(40)11-12-35(22,3)31(26)28(41)16-34(27,2)19-36/h4-8,11-14,26-28,31,33,39,41,43H,9-10,15-19,38H2,1-3H3/t26-,27?,28-,31?,33+,34+,35-,36+/m0/s1. The Bertz CT molecular complexity index is 1590. The summed E-state index contributed by atoms with van der Waals surface area (Å²) in [5.41, 5.74) is 5.30. The second-order valence-electron chi connectivity index (χ2n) is 14.0. The van der Waals surface area contributed by atoms with Gasteiger partial charge in [0.2, 0.25) is 0 Å². The van der Waals surface area contributed by atoms with Crippen molar-refractivity contribution in [2.75, 3.05) is 12.3 Å². The van der Waals surface area contributed by atoms with Crippen LogP contribution >= 0.6 is 0 Å². The van der Waals surface area contributed by atoms with E-state index in [1.807, 2.05) is 13.0 Å². The van der Waals surface area contributed by atoms with Crippen LogP contribution in [-0.4, -0.2) is 45.2 Å². The monoisotopic (exact) mass is 619 g/mol. The minimum Gasteiger partial charge on any atom is -0.489 e. The van der Waals surface area contributed by atoms with Gasteiger partial charge in [-0.1, -0.05) is 43.7 Å². The lowest BCUT2D eigenvalue weighted by molar-refractivity contribution is -0.199. The van der Waals surface area contributed by atoms with Gasteiger partial charge in [-0.15, -0.1) is 0 Å². The molecule has 0 radical (unpaired) electrons. The third-order valence-electron chi connectivity index (χ3n) is 11.2. The maximum atomic E-state index is 16.0. The number of Topliss-reactive ketones (excluding diaryl/α,β-unsaturated/α-hetero) is 1. The summed E-state index contributed by atoms with van der Waals surface area (Å²) >= 11 is 0. The number of benzene rings is 2. The molecule has 2 aromatic rings. The SMILES string of the molecule is Cc1ccc(COc2cccc(N)c2)c(F)c1[C@H](O)O[C@]1(C(=O)CO)CC2[C@@H]3CCC4=CC(=O)C=C[C@]4(C)C3[C@@H](O)C[C@]2(C)C1. The predicted molar refractivity (Wildman–Crippen MR) is 165 cm³/mol. The van der Waals surface area contributed by atoms with E-state index in [-0.39, 0.29) is 54.1 Å². The zero-order valence-corrected chi connectivity index (χ0v) is 26.0. The van der Waals surface area contributed by atoms with Gasteiger partial charge in [0.05, 0.1) is 6.10 Å². The van der Waals surface area contributed by atoms with E-state index >= 15 is 4.39 Å². The molecule has 240 valence electrons. The van der Waals surface area contributed by atoms with Crippen molar-refractivity contribution in [1.82, 2.24) is 0 Å². The van der Waals surface area contributed by atoms with Gasteiger partial charge in [0.1, 0.15) is 30.4 Å². The Balaban J connectivity index is 1.29. The average Bonchev–Trinajstić information content (AvgIpc) is 3.29. The Morgan fingerprint density at radius 3 is 2.71 bits per heavy atom. The summed E-state index contributed by atoms with van der Waals surface area (Å²) in [4.78, 5) is 25.7. The van der Waals surface area contributed by atoms with Crippen LogP contribution < -0.4 is 10.5 Å². The highest BCUT2D eigenvalue weighted by molar-refractivity contribution is 6.01. The highest BCUT2D eigenvalue weighted by Crippen LogP contribution is 2.67. The Kier molecular flexibility index (Phi) is 8.05. The molecule has 0 saturated heterocycles. The zero-order valence-electron chi connectivity index (χ0n) is 26.0. The molecule has 0 aromatic heterocycles. The number of aliphatic hydroxyl groups excluding tert-OH is 3. The number of halogens is 1. The number of hydrogen-bond donors (Lipinski definition) is 4. The van der Waals surface area contributed by atoms with Crippen molar-refractivity contribution in [3.05, 3.63) is 82.7 Å². The first-order valence-corrected chi connectivity index (χ1v) is 15.7. The van der Waals surface area contributed by atoms with E-state index < -0.39 is 47.0 Å². The van der Waals surface area contributed by atoms with E-state index in [1.165, 1.54) is 0 Å². The lowest BCUT2D eigenvalue weighted by atomic mass is 9.47. The molecule has 3 fully saturated rings. The van der Waals surface area contributed by atoms with E-state index in [1.54, 1.807) is 55.5 Å². The molecule has 0 bridgehead atoms. The molecular formula is C36H42FNO7. The summed E-state index contributed by atoms with van der Waals surface area (Å²) in [5, 5.41) is 33.2. The van der Waals surface area contributed by atoms with Gasteiger partial charge < -0.3 is 30.5 Å². The van der Waals surface area contributed by atoms with Gasteiger partial charge in [0.25, 0.3) is 0 Å². The van der Waals surface area contributed by atoms with Gasteiger partial charge in [-0.25, -0.2) is 4.39 Å². The molecule has 4 aliphatic rings. The number of ketones is 2. The van der Waals surface area contributed by atoms with Crippen molar-refractivity contribution in [3.8, 4) is 5.75 Å². The second-order valence-corrected chi connectivity index (χ2v) is 14.0. The number of nitrogens with two attached hydrogens (primary N) is 1. The van der Waals surface area contributed by atoms with Gasteiger partial charge in [0, 0.05) is 34.2 Å². The fourth-order valence-corrected chi connectivity index (χ4v) is 9.14. The second kappa shape index (κ2) is 11.5. The first kappa shape index (κ1) is 31.6. The van der Waals surface area contributed by atoms with Crippen LogP contribution in [0.4, 0.5) is 10.1 Å². The molecule has 8 nitrogen and oxygen atoms in total. The Hall–Kier alpha value is -3.37. The number of aryl methyl sites for hydroxylation is 1. The first-order chi connectivity index (χ1) is 21.3. The maximum absolute atomic E-state index is 16.0. The van der Waals surface area contributed by atoms with Crippen molar-refractivity contribution in [2.45, 2.75) is 77.5 Å². The van der Waals surface area contributed by atoms with Crippen LogP contribution in [-0.2, 0) is 20.9 Å². The number of nitrogen functional groups attached to an aromatic ring is 1. The fraction of sp³-hybridized carbons (Fsp3) is 0.500. The molecule has 0 amide bonds. The highest BCUT2D eigenvalue weighted by Gasteiger charge is 2.65. The molecule has 5 N–H and O–H groups in total. The van der Waals surface area contributed by atoms with Gasteiger partial charge in [-0.3, -0.25) is 9.59 Å². The van der Waals surface area contributed by atoms with Crippen LogP contribution in [0.25, 0.3) is 0 Å². The molecule has 0 heterocycles. The normalized spacial score (nSPS) is 34.4. The number of anilines is 1. The van der Waals surface area contributed by atoms with Crippen LogP contribution in [0.2, 0.25) is 0 Å². The van der Waals surface area contributed by atoms with Crippen molar-refractivity contribution >= 4 is 17.3 Å². The summed E-state index contributed by atoms with van der Waals surface area (Å²) in [7, 11) is 0. The summed E-state index contributed by atoms with van der Waals surface area (Å²) in [6, 6.07) is 10.0. The average molecular weight is 620 g/mol. The lowest BCUT2D eigenvalue weighted by Crippen LogP contribution is -2.54. The smallest absolute Gasteiger partial charge is 0.190 e. The zero-order chi connectivity index (χ0) is 32.3. The van der Waals surface area contributed by atoms with Crippen molar-refractivity contribution in [2.24, 2.45) is 28.6 Å². The molecule has 2 aromatic carbocycles. The molecule has 0 spiro atoms. The molecule has 6 rings (SSSR count). The number of carbonyl (C=O) groups excluding carboxylic acids is 2. The Morgan fingerprint density at radius 2 is 1.98 bits per heavy atom. The van der Waals surface area contributed by atoms with Crippen LogP contribution in [0.15, 0.2) is 60.2 Å². The number of ether oxygens (including phenoxy) is 2. The Labute approximate surface area is 262 Å².